The molecule has 1 heterocycles. The van der Waals surface area contributed by atoms with Gasteiger partial charge in [-0.25, -0.2) is 4.98 Å². The summed E-state index contributed by atoms with van der Waals surface area (Å²) in [5.41, 5.74) is 1.99. The van der Waals surface area contributed by atoms with Gasteiger partial charge in [0, 0.05) is 22.4 Å². The minimum absolute atomic E-state index is 0.611. The molecule has 5 heteroatoms. The molecule has 1 aliphatic carbocycles. The summed E-state index contributed by atoms with van der Waals surface area (Å²) in [5, 5.41) is 4.02. The molecule has 1 fully saturated rings. The molecule has 3 nitrogen and oxygen atoms in total. The van der Waals surface area contributed by atoms with E-state index in [9.17, 15) is 0 Å². The maximum atomic E-state index is 6.09. The van der Waals surface area contributed by atoms with Gasteiger partial charge in [0.1, 0.15) is 0 Å². The molecule has 3 rings (SSSR count). The monoisotopic (exact) mass is 325 g/mol. The van der Waals surface area contributed by atoms with Gasteiger partial charge in [0.05, 0.1) is 10.7 Å². The minimum Gasteiger partial charge on any atom is -0.326 e. The van der Waals surface area contributed by atoms with E-state index in [1.165, 1.54) is 12.8 Å². The molecule has 0 aliphatic heterocycles. The Morgan fingerprint density at radius 2 is 2.22 bits per heavy atom. The predicted octanol–water partition coefficient (Wildman–Crippen LogP) is 4.69. The van der Waals surface area contributed by atoms with Crippen LogP contribution in [0, 0.1) is 6.92 Å². The molecule has 94 valence electrons. The molecule has 1 aliphatic rings. The Kier molecular flexibility index (Phi) is 3.08. The number of hydrogen-bond donors (Lipinski definition) is 1. The van der Waals surface area contributed by atoms with E-state index < -0.39 is 0 Å². The highest BCUT2D eigenvalue weighted by Gasteiger charge is 2.26. The van der Waals surface area contributed by atoms with Crippen molar-refractivity contribution < 1.29 is 0 Å². The molecule has 0 bridgehead atoms. The largest absolute Gasteiger partial charge is 0.326 e. The van der Waals surface area contributed by atoms with Crippen molar-refractivity contribution >= 4 is 39.2 Å². The van der Waals surface area contributed by atoms with Gasteiger partial charge in [0.15, 0.2) is 0 Å². The summed E-state index contributed by atoms with van der Waals surface area (Å²) in [6, 6.07) is 6.42. The van der Waals surface area contributed by atoms with Crippen LogP contribution in [0.25, 0.3) is 0 Å². The molecule has 0 saturated heterocycles. The van der Waals surface area contributed by atoms with E-state index in [0.717, 1.165) is 21.8 Å². The Balaban J connectivity index is 1.89. The van der Waals surface area contributed by atoms with Gasteiger partial charge in [-0.1, -0.05) is 11.6 Å². The fraction of sp³-hybridized carbons (Fsp3) is 0.308. The first-order chi connectivity index (χ1) is 8.63. The first kappa shape index (κ1) is 12.1. The predicted molar refractivity (Wildman–Crippen MR) is 77.7 cm³/mol. The smallest absolute Gasteiger partial charge is 0.207 e. The normalized spacial score (nSPS) is 14.8. The highest BCUT2D eigenvalue weighted by atomic mass is 79.9. The molecule has 1 N–H and O–H groups in total. The molecule has 0 unspecified atom stereocenters. The molecule has 1 aromatic carbocycles. The minimum atomic E-state index is 0.611. The van der Waals surface area contributed by atoms with Crippen molar-refractivity contribution in [1.82, 2.24) is 9.55 Å². The van der Waals surface area contributed by atoms with Crippen molar-refractivity contribution in [1.29, 1.82) is 0 Å². The lowest BCUT2D eigenvalue weighted by atomic mass is 10.3. The zero-order valence-electron chi connectivity index (χ0n) is 9.95. The number of rotatable bonds is 3. The van der Waals surface area contributed by atoms with Gasteiger partial charge in [-0.05, 0) is 53.9 Å². The van der Waals surface area contributed by atoms with Crippen molar-refractivity contribution in [2.24, 2.45) is 0 Å². The molecule has 0 radical (unpaired) electrons. The summed E-state index contributed by atoms with van der Waals surface area (Å²) in [6.07, 6.45) is 4.58. The second kappa shape index (κ2) is 4.59. The fourth-order valence-corrected chi connectivity index (χ4v) is 2.37. The lowest BCUT2D eigenvalue weighted by Gasteiger charge is -2.09. The lowest BCUT2D eigenvalue weighted by molar-refractivity contribution is 0.750. The van der Waals surface area contributed by atoms with E-state index in [0.29, 0.717) is 11.1 Å². The third-order valence-electron chi connectivity index (χ3n) is 2.97. The number of nitrogens with one attached hydrogen (secondary N) is 1. The van der Waals surface area contributed by atoms with Crippen molar-refractivity contribution in [2.45, 2.75) is 25.8 Å². The van der Waals surface area contributed by atoms with Crippen LogP contribution in [0.1, 0.15) is 24.6 Å². The Hall–Kier alpha value is -1.00. The number of aryl methyl sites for hydroxylation is 1. The Morgan fingerprint density at radius 3 is 2.89 bits per heavy atom. The van der Waals surface area contributed by atoms with Gasteiger partial charge in [-0.3, -0.25) is 0 Å². The van der Waals surface area contributed by atoms with Gasteiger partial charge < -0.3 is 9.88 Å². The van der Waals surface area contributed by atoms with Gasteiger partial charge in [-0.15, -0.1) is 0 Å². The Labute approximate surface area is 119 Å². The second-order valence-electron chi connectivity index (χ2n) is 4.60. The molecular weight excluding hydrogens is 314 g/mol. The zero-order valence-corrected chi connectivity index (χ0v) is 12.3. The SMILES string of the molecule is Cc1cn(C2CC2)c(Nc2ccc(Br)c(Cl)c2)n1. The summed E-state index contributed by atoms with van der Waals surface area (Å²) in [4.78, 5) is 4.52. The summed E-state index contributed by atoms with van der Waals surface area (Å²) >= 11 is 9.47. The first-order valence-corrected chi connectivity index (χ1v) is 7.08. The summed E-state index contributed by atoms with van der Waals surface area (Å²) in [5.74, 6) is 0.897. The molecule has 18 heavy (non-hydrogen) atoms. The quantitative estimate of drug-likeness (QED) is 0.887. The molecule has 0 atom stereocenters. The van der Waals surface area contributed by atoms with Crippen LogP contribution in [0.15, 0.2) is 28.9 Å². The molecule has 0 spiro atoms. The zero-order chi connectivity index (χ0) is 12.7. The standard InChI is InChI=1S/C13H13BrClN3/c1-8-7-18(10-3-4-10)13(16-8)17-9-2-5-11(14)12(15)6-9/h2,5-7,10H,3-4H2,1H3,(H,16,17). The number of anilines is 2. The molecular formula is C13H13BrClN3. The van der Waals surface area contributed by atoms with Gasteiger partial charge in [0.2, 0.25) is 5.95 Å². The lowest BCUT2D eigenvalue weighted by Crippen LogP contribution is -2.01. The number of benzene rings is 1. The van der Waals surface area contributed by atoms with Crippen LogP contribution < -0.4 is 5.32 Å². The second-order valence-corrected chi connectivity index (χ2v) is 5.86. The molecule has 2 aromatic rings. The van der Waals surface area contributed by atoms with Crippen LogP contribution in [0.5, 0.6) is 0 Å². The number of nitrogens with zero attached hydrogens (tertiary/aromatic N) is 2. The molecule has 1 saturated carbocycles. The van der Waals surface area contributed by atoms with E-state index in [-0.39, 0.29) is 0 Å². The van der Waals surface area contributed by atoms with Crippen LogP contribution in [0.4, 0.5) is 11.6 Å². The Bertz CT molecular complexity index is 590. The van der Waals surface area contributed by atoms with Crippen LogP contribution >= 0.6 is 27.5 Å². The van der Waals surface area contributed by atoms with Gasteiger partial charge in [0.25, 0.3) is 0 Å². The van der Waals surface area contributed by atoms with Crippen LogP contribution in [0.2, 0.25) is 5.02 Å². The molecule has 1 aromatic heterocycles. The number of hydrogen-bond acceptors (Lipinski definition) is 2. The fourth-order valence-electron chi connectivity index (χ4n) is 1.94. The number of aromatic nitrogens is 2. The van der Waals surface area contributed by atoms with E-state index in [1.807, 2.05) is 25.1 Å². The van der Waals surface area contributed by atoms with Crippen molar-refractivity contribution in [3.05, 3.63) is 39.6 Å². The first-order valence-electron chi connectivity index (χ1n) is 5.91. The maximum Gasteiger partial charge on any atom is 0.207 e. The number of halogens is 2. The third kappa shape index (κ3) is 2.40. The summed E-state index contributed by atoms with van der Waals surface area (Å²) < 4.78 is 3.11. The van der Waals surface area contributed by atoms with Crippen LogP contribution in [-0.2, 0) is 0 Å². The number of imidazole rings is 1. The summed E-state index contributed by atoms with van der Waals surface area (Å²) in [7, 11) is 0. The third-order valence-corrected chi connectivity index (χ3v) is 4.20. The average molecular weight is 327 g/mol. The van der Waals surface area contributed by atoms with Crippen molar-refractivity contribution in [3.8, 4) is 0 Å². The van der Waals surface area contributed by atoms with E-state index >= 15 is 0 Å². The highest BCUT2D eigenvalue weighted by molar-refractivity contribution is 9.10. The van der Waals surface area contributed by atoms with E-state index in [4.69, 9.17) is 11.6 Å². The van der Waals surface area contributed by atoms with Crippen LogP contribution in [-0.4, -0.2) is 9.55 Å². The molecule has 0 amide bonds. The Morgan fingerprint density at radius 1 is 1.44 bits per heavy atom. The highest BCUT2D eigenvalue weighted by Crippen LogP contribution is 2.38. The van der Waals surface area contributed by atoms with E-state index in [1.54, 1.807) is 0 Å². The van der Waals surface area contributed by atoms with Crippen molar-refractivity contribution in [2.75, 3.05) is 5.32 Å². The summed E-state index contributed by atoms with van der Waals surface area (Å²) in [6.45, 7) is 2.01. The average Bonchev–Trinajstić information content (AvgIpc) is 3.09. The maximum absolute atomic E-state index is 6.09. The van der Waals surface area contributed by atoms with Crippen molar-refractivity contribution in [3.63, 3.8) is 0 Å². The van der Waals surface area contributed by atoms with E-state index in [2.05, 4.69) is 37.0 Å². The van der Waals surface area contributed by atoms with Crippen LogP contribution in [0.3, 0.4) is 0 Å². The van der Waals surface area contributed by atoms with Gasteiger partial charge in [-0.2, -0.15) is 0 Å². The topological polar surface area (TPSA) is 29.9 Å². The van der Waals surface area contributed by atoms with Gasteiger partial charge >= 0.3 is 0 Å².